The number of esters is 1. The van der Waals surface area contributed by atoms with Crippen LogP contribution in [0.3, 0.4) is 0 Å². The number of pyridine rings is 1. The SMILES string of the molecule is CCn1c(-c2cccnc2[C@H](C)OC)c2c3cc(ccc31)-c1csc(n1)C[C@H](NC(=O)N1CCC1)C(=O)N1CCC[C@H](N1)C(=O)OCC(C)(C)C2.S.S.S. The summed E-state index contributed by atoms with van der Waals surface area (Å²) in [6.07, 6.45) is 4.56. The van der Waals surface area contributed by atoms with E-state index in [2.05, 4.69) is 60.3 Å². The molecule has 0 radical (unpaired) electrons. The van der Waals surface area contributed by atoms with Crippen LogP contribution in [0.25, 0.3) is 33.4 Å². The number of hydrogen-bond acceptors (Lipinski definition) is 9. The van der Waals surface area contributed by atoms with Crippen LogP contribution in [0, 0.1) is 5.41 Å². The molecule has 3 aromatic heterocycles. The van der Waals surface area contributed by atoms with Crippen LogP contribution in [0.1, 0.15) is 69.3 Å². The van der Waals surface area contributed by atoms with Gasteiger partial charge in [-0.05, 0) is 69.4 Å². The summed E-state index contributed by atoms with van der Waals surface area (Å²) >= 11 is 1.48. The highest BCUT2D eigenvalue weighted by molar-refractivity contribution is 7.59. The molecule has 3 atom stereocenters. The largest absolute Gasteiger partial charge is 0.464 e. The van der Waals surface area contributed by atoms with Gasteiger partial charge in [-0.1, -0.05) is 19.9 Å². The van der Waals surface area contributed by atoms with Crippen LogP contribution >= 0.6 is 51.8 Å². The van der Waals surface area contributed by atoms with Gasteiger partial charge in [0.15, 0.2) is 0 Å². The lowest BCUT2D eigenvalue weighted by molar-refractivity contribution is -0.155. The van der Waals surface area contributed by atoms with Gasteiger partial charge in [0.25, 0.3) is 5.91 Å². The van der Waals surface area contributed by atoms with E-state index in [0.717, 1.165) is 62.6 Å². The summed E-state index contributed by atoms with van der Waals surface area (Å²) in [5.74, 6) is -0.689. The number of urea groups is 1. The summed E-state index contributed by atoms with van der Waals surface area (Å²) in [7, 11) is 1.70. The lowest BCUT2D eigenvalue weighted by Gasteiger charge is -2.37. The van der Waals surface area contributed by atoms with Crippen molar-refractivity contribution in [3.8, 4) is 22.5 Å². The van der Waals surface area contributed by atoms with Crippen LogP contribution in [0.4, 0.5) is 4.79 Å². The monoisotopic (exact) mass is 815 g/mol. The minimum atomic E-state index is -0.851. The Morgan fingerprint density at radius 1 is 1.15 bits per heavy atom. The predicted octanol–water partition coefficient (Wildman–Crippen LogP) is 5.84. The fraction of sp³-hybridized carbons (Fsp3) is 0.500. The number of carbonyl (C=O) groups is 3. The van der Waals surface area contributed by atoms with Crippen molar-refractivity contribution >= 4 is 80.6 Å². The highest BCUT2D eigenvalue weighted by Crippen LogP contribution is 2.42. The minimum absolute atomic E-state index is 0. The third-order valence-electron chi connectivity index (χ3n) is 10.3. The molecule has 0 spiro atoms. The number of ether oxygens (including phenoxy) is 2. The van der Waals surface area contributed by atoms with Crippen molar-refractivity contribution in [1.82, 2.24) is 35.2 Å². The molecule has 2 fully saturated rings. The zero-order valence-electron chi connectivity index (χ0n) is 31.5. The van der Waals surface area contributed by atoms with Crippen LogP contribution in [0.5, 0.6) is 0 Å². The van der Waals surface area contributed by atoms with E-state index in [0.29, 0.717) is 38.9 Å². The average Bonchev–Trinajstić information content (AvgIpc) is 3.70. The van der Waals surface area contributed by atoms with Crippen LogP contribution in [-0.2, 0) is 38.4 Å². The molecule has 0 saturated carbocycles. The Morgan fingerprint density at radius 3 is 2.63 bits per heavy atom. The second-order valence-electron chi connectivity index (χ2n) is 14.6. The van der Waals surface area contributed by atoms with E-state index in [9.17, 15) is 14.4 Å². The van der Waals surface area contributed by atoms with Crippen LogP contribution in [-0.4, -0.2) is 87.8 Å². The van der Waals surface area contributed by atoms with Crippen molar-refractivity contribution in [3.05, 3.63) is 58.2 Å². The fourth-order valence-corrected chi connectivity index (χ4v) is 8.17. The first-order valence-corrected chi connectivity index (χ1v) is 18.8. The Morgan fingerprint density at radius 2 is 1.93 bits per heavy atom. The van der Waals surface area contributed by atoms with Gasteiger partial charge in [-0.25, -0.2) is 15.2 Å². The van der Waals surface area contributed by atoms with Gasteiger partial charge in [0.2, 0.25) is 0 Å². The first-order valence-electron chi connectivity index (χ1n) is 17.9. The van der Waals surface area contributed by atoms with Gasteiger partial charge in [-0.3, -0.25) is 19.6 Å². The zero-order valence-corrected chi connectivity index (χ0v) is 35.3. The van der Waals surface area contributed by atoms with Gasteiger partial charge in [0, 0.05) is 78.7 Å². The maximum absolute atomic E-state index is 14.0. The molecule has 0 unspecified atom stereocenters. The first kappa shape index (κ1) is 43.4. The number of methoxy groups -OCH3 is 1. The molecule has 2 saturated heterocycles. The Hall–Kier alpha value is -3.28. The van der Waals surface area contributed by atoms with Crippen LogP contribution in [0.15, 0.2) is 41.9 Å². The zero-order chi connectivity index (χ0) is 35.9. The number of carbonyl (C=O) groups excluding carboxylic acids is 3. The molecule has 6 bridgehead atoms. The van der Waals surface area contributed by atoms with Crippen molar-refractivity contribution in [2.45, 2.75) is 84.5 Å². The summed E-state index contributed by atoms with van der Waals surface area (Å²) in [5.41, 5.74) is 9.65. The molecule has 3 aliphatic heterocycles. The molecular formula is C38H53N7O5S4. The number of benzene rings is 1. The van der Waals surface area contributed by atoms with Crippen molar-refractivity contribution in [1.29, 1.82) is 0 Å². The number of likely N-dealkylation sites (tertiary alicyclic amines) is 1. The maximum Gasteiger partial charge on any atom is 0.324 e. The molecule has 294 valence electrons. The number of cyclic esters (lactones) is 1. The summed E-state index contributed by atoms with van der Waals surface area (Å²) in [6.45, 7) is 11.1. The molecule has 0 aliphatic carbocycles. The number of hydrazine groups is 1. The van der Waals surface area contributed by atoms with E-state index >= 15 is 0 Å². The van der Waals surface area contributed by atoms with Crippen LogP contribution < -0.4 is 10.7 Å². The molecular weight excluding hydrogens is 763 g/mol. The highest BCUT2D eigenvalue weighted by atomic mass is 32.1. The predicted molar refractivity (Wildman–Crippen MR) is 227 cm³/mol. The molecule has 2 N–H and O–H groups in total. The number of aromatic nitrogens is 3. The second kappa shape index (κ2) is 18.1. The van der Waals surface area contributed by atoms with Crippen molar-refractivity contribution in [2.75, 3.05) is 33.4 Å². The normalized spacial score (nSPS) is 20.3. The topological polar surface area (TPSA) is 131 Å². The van der Waals surface area contributed by atoms with E-state index in [4.69, 9.17) is 19.4 Å². The third kappa shape index (κ3) is 8.73. The number of amides is 3. The summed E-state index contributed by atoms with van der Waals surface area (Å²) < 4.78 is 14.1. The van der Waals surface area contributed by atoms with E-state index in [1.54, 1.807) is 18.2 Å². The lowest BCUT2D eigenvalue weighted by atomic mass is 9.84. The summed E-state index contributed by atoms with van der Waals surface area (Å²) in [6, 6.07) is 8.74. The number of nitrogens with zero attached hydrogens (tertiary/aromatic N) is 5. The molecule has 54 heavy (non-hydrogen) atoms. The molecule has 3 aliphatic rings. The van der Waals surface area contributed by atoms with Crippen molar-refractivity contribution in [2.24, 2.45) is 5.41 Å². The Kier molecular flexibility index (Phi) is 14.6. The van der Waals surface area contributed by atoms with Gasteiger partial charge in [-0.15, -0.1) is 11.3 Å². The number of thiazole rings is 1. The summed E-state index contributed by atoms with van der Waals surface area (Å²) in [4.78, 5) is 52.1. The molecule has 7 rings (SSSR count). The minimum Gasteiger partial charge on any atom is -0.464 e. The third-order valence-corrected chi connectivity index (χ3v) is 11.2. The van der Waals surface area contributed by atoms with Crippen LogP contribution in [0.2, 0.25) is 0 Å². The highest BCUT2D eigenvalue weighted by Gasteiger charge is 2.36. The smallest absolute Gasteiger partial charge is 0.324 e. The Balaban J connectivity index is 0.00000217. The van der Waals surface area contributed by atoms with E-state index in [-0.39, 0.29) is 71.6 Å². The number of nitrogens with one attached hydrogen (secondary N) is 2. The van der Waals surface area contributed by atoms with E-state index < -0.39 is 23.5 Å². The molecule has 16 heteroatoms. The maximum atomic E-state index is 14.0. The van der Waals surface area contributed by atoms with Gasteiger partial charge in [-0.2, -0.15) is 40.5 Å². The molecule has 3 amide bonds. The standard InChI is InChI=1S/C38H47N7O5S.3H2S/c1-6-44-31-13-12-24-18-26(31)27(34(44)25-10-7-14-39-33(25)23(2)49-5)20-38(3,4)22-50-36(47)28-11-8-17-45(42-28)35(46)29(19-32-40-30(24)21-51-32)41-37(48)43-15-9-16-43;;;/h7,10,12-14,18,21,23,28-29,42H,6,8-9,11,15-17,19-20,22H2,1-5H3,(H,41,48);3*1H2/t23-,28-,29-;;;/m0.../s1. The molecule has 12 nitrogen and oxygen atoms in total. The number of rotatable bonds is 5. The fourth-order valence-electron chi connectivity index (χ4n) is 7.32. The van der Waals surface area contributed by atoms with E-state index in [1.807, 2.05) is 18.4 Å². The van der Waals surface area contributed by atoms with Gasteiger partial charge in [0.1, 0.15) is 12.1 Å². The number of fused-ring (bicyclic) bond motifs is 6. The van der Waals surface area contributed by atoms with Gasteiger partial charge >= 0.3 is 12.0 Å². The summed E-state index contributed by atoms with van der Waals surface area (Å²) in [5, 5.41) is 8.30. The Bertz CT molecular complexity index is 1960. The average molecular weight is 816 g/mol. The molecule has 1 aromatic carbocycles. The van der Waals surface area contributed by atoms with Crippen molar-refractivity contribution < 1.29 is 23.9 Å². The lowest BCUT2D eigenvalue weighted by Crippen LogP contribution is -2.62. The van der Waals surface area contributed by atoms with Gasteiger partial charge < -0.3 is 24.3 Å². The molecule has 4 aromatic rings. The second-order valence-corrected chi connectivity index (χ2v) is 15.5. The molecule has 6 heterocycles. The Labute approximate surface area is 342 Å². The quantitative estimate of drug-likeness (QED) is 0.241. The van der Waals surface area contributed by atoms with E-state index in [1.165, 1.54) is 16.3 Å². The van der Waals surface area contributed by atoms with Crippen molar-refractivity contribution in [3.63, 3.8) is 0 Å². The first-order chi connectivity index (χ1) is 24.6. The number of hydrogen-bond donors (Lipinski definition) is 2. The van der Waals surface area contributed by atoms with Gasteiger partial charge in [0.05, 0.1) is 34.8 Å². The number of aryl methyl sites for hydroxylation is 1.